The highest BCUT2D eigenvalue weighted by Gasteiger charge is 2.23. The molecule has 0 amide bonds. The van der Waals surface area contributed by atoms with E-state index in [0.29, 0.717) is 6.61 Å². The number of anilines is 1. The maximum Gasteiger partial charge on any atom is 0.128 e. The summed E-state index contributed by atoms with van der Waals surface area (Å²) in [7, 11) is 1.76. The van der Waals surface area contributed by atoms with Crippen molar-refractivity contribution in [1.82, 2.24) is 5.32 Å². The van der Waals surface area contributed by atoms with Crippen LogP contribution in [0.25, 0.3) is 5.57 Å². The molecule has 1 heterocycles. The molecule has 0 unspecified atom stereocenters. The molecule has 2 aliphatic rings. The number of ether oxygens (including phenoxy) is 2. The van der Waals surface area contributed by atoms with Crippen molar-refractivity contribution >= 4 is 27.2 Å². The van der Waals surface area contributed by atoms with E-state index >= 15 is 0 Å². The van der Waals surface area contributed by atoms with E-state index in [1.807, 2.05) is 32.0 Å². The molecule has 1 saturated heterocycles. The normalized spacial score (nSPS) is 15.1. The molecule has 35 heavy (non-hydrogen) atoms. The maximum atomic E-state index is 6.09. The lowest BCUT2D eigenvalue weighted by atomic mass is 9.86. The van der Waals surface area contributed by atoms with Crippen molar-refractivity contribution in [1.29, 1.82) is 0 Å². The number of benzene rings is 3. The van der Waals surface area contributed by atoms with Crippen LogP contribution in [-0.4, -0.2) is 33.3 Å². The van der Waals surface area contributed by atoms with Gasteiger partial charge >= 0.3 is 0 Å². The second-order valence-corrected chi connectivity index (χ2v) is 9.45. The van der Waals surface area contributed by atoms with Crippen molar-refractivity contribution in [3.05, 3.63) is 93.5 Å². The first-order valence-electron chi connectivity index (χ1n) is 12.6. The summed E-state index contributed by atoms with van der Waals surface area (Å²) in [6.07, 6.45) is 1.95. The Morgan fingerprint density at radius 2 is 1.63 bits per heavy atom. The zero-order valence-corrected chi connectivity index (χ0v) is 22.5. The van der Waals surface area contributed by atoms with Crippen LogP contribution >= 0.6 is 15.9 Å². The Morgan fingerprint density at radius 3 is 2.37 bits per heavy atom. The topological polar surface area (TPSA) is 33.7 Å². The van der Waals surface area contributed by atoms with Gasteiger partial charge in [-0.25, -0.2) is 0 Å². The van der Waals surface area contributed by atoms with E-state index in [2.05, 4.69) is 74.7 Å². The smallest absolute Gasteiger partial charge is 0.128 e. The first kappa shape index (κ1) is 25.3. The highest BCUT2D eigenvalue weighted by Crippen LogP contribution is 2.43. The van der Waals surface area contributed by atoms with Gasteiger partial charge in [0.1, 0.15) is 18.1 Å². The Balaban J connectivity index is 0.00000141. The highest BCUT2D eigenvalue weighted by molar-refractivity contribution is 9.11. The van der Waals surface area contributed by atoms with Crippen LogP contribution in [-0.2, 0) is 13.0 Å². The number of aryl methyl sites for hydroxylation is 1. The number of allylic oxidation sites excluding steroid dienone is 1. The van der Waals surface area contributed by atoms with Crippen molar-refractivity contribution in [2.45, 2.75) is 33.3 Å². The lowest BCUT2D eigenvalue weighted by Gasteiger charge is -2.30. The minimum absolute atomic E-state index is 0.577. The molecule has 4 nitrogen and oxygen atoms in total. The molecule has 3 aromatic rings. The summed E-state index contributed by atoms with van der Waals surface area (Å²) < 4.78 is 13.2. The minimum atomic E-state index is 0.577. The molecule has 0 radical (unpaired) electrons. The number of rotatable bonds is 6. The summed E-state index contributed by atoms with van der Waals surface area (Å²) in [6.45, 7) is 8.64. The predicted molar refractivity (Wildman–Crippen MR) is 150 cm³/mol. The minimum Gasteiger partial charge on any atom is -0.496 e. The molecule has 1 N–H and O–H groups in total. The van der Waals surface area contributed by atoms with E-state index in [1.54, 1.807) is 7.11 Å². The van der Waals surface area contributed by atoms with Crippen molar-refractivity contribution in [2.75, 3.05) is 38.2 Å². The Hall–Kier alpha value is -2.76. The maximum absolute atomic E-state index is 6.09. The summed E-state index contributed by atoms with van der Waals surface area (Å²) in [5, 5.41) is 3.42. The third-order valence-corrected chi connectivity index (χ3v) is 7.21. The quantitative estimate of drug-likeness (QED) is 0.376. The van der Waals surface area contributed by atoms with Crippen molar-refractivity contribution < 1.29 is 9.47 Å². The molecule has 184 valence electrons. The lowest BCUT2D eigenvalue weighted by molar-refractivity contribution is 0.306. The zero-order chi connectivity index (χ0) is 24.6. The molecular formula is C30H35BrN2O2. The molecular weight excluding hydrogens is 500 g/mol. The molecule has 5 heteroatoms. The van der Waals surface area contributed by atoms with E-state index in [0.717, 1.165) is 56.1 Å². The fraction of sp³-hybridized carbons (Fsp3) is 0.333. The van der Waals surface area contributed by atoms with Crippen LogP contribution in [0.4, 0.5) is 5.69 Å². The first-order valence-corrected chi connectivity index (χ1v) is 13.3. The van der Waals surface area contributed by atoms with Crippen LogP contribution in [0.3, 0.4) is 0 Å². The summed E-state index contributed by atoms with van der Waals surface area (Å²) in [4.78, 5) is 2.41. The van der Waals surface area contributed by atoms with Crippen LogP contribution in [0.15, 0.2) is 71.2 Å². The van der Waals surface area contributed by atoms with E-state index in [-0.39, 0.29) is 0 Å². The number of nitrogens with one attached hydrogen (secondary N) is 1. The number of halogens is 1. The van der Waals surface area contributed by atoms with Gasteiger partial charge in [0.15, 0.2) is 0 Å². The molecule has 0 saturated carbocycles. The van der Waals surface area contributed by atoms with Gasteiger partial charge in [-0.3, -0.25) is 0 Å². The number of nitrogens with zero attached hydrogens (tertiary/aromatic N) is 1. The first-order chi connectivity index (χ1) is 17.2. The average Bonchev–Trinajstić information content (AvgIpc) is 2.94. The third kappa shape index (κ3) is 5.91. The average molecular weight is 536 g/mol. The summed E-state index contributed by atoms with van der Waals surface area (Å²) in [5.41, 5.74) is 7.29. The molecule has 0 bridgehead atoms. The number of hydrogen-bond acceptors (Lipinski definition) is 4. The molecule has 1 aliphatic heterocycles. The lowest BCUT2D eigenvalue weighted by Crippen LogP contribution is -2.43. The fourth-order valence-corrected chi connectivity index (χ4v) is 5.29. The van der Waals surface area contributed by atoms with Gasteiger partial charge in [-0.1, -0.05) is 66.2 Å². The molecule has 1 aliphatic carbocycles. The van der Waals surface area contributed by atoms with Gasteiger partial charge in [-0.15, -0.1) is 0 Å². The number of methoxy groups -OCH3 is 1. The largest absolute Gasteiger partial charge is 0.496 e. The number of fused-ring (bicyclic) bond motifs is 1. The number of piperazine rings is 1. The second-order valence-electron chi connectivity index (χ2n) is 8.49. The van der Waals surface area contributed by atoms with E-state index in [1.165, 1.54) is 32.4 Å². The van der Waals surface area contributed by atoms with Crippen LogP contribution in [0, 0.1) is 0 Å². The van der Waals surface area contributed by atoms with Crippen LogP contribution in [0.1, 0.15) is 42.5 Å². The Kier molecular flexibility index (Phi) is 8.89. The molecule has 5 rings (SSSR count). The molecule has 3 aromatic carbocycles. The fourth-order valence-electron chi connectivity index (χ4n) is 4.66. The van der Waals surface area contributed by atoms with Gasteiger partial charge in [0.05, 0.1) is 7.11 Å². The summed E-state index contributed by atoms with van der Waals surface area (Å²) >= 11 is 3.87. The molecule has 0 spiro atoms. The zero-order valence-electron chi connectivity index (χ0n) is 20.9. The van der Waals surface area contributed by atoms with Gasteiger partial charge in [0.2, 0.25) is 0 Å². The summed E-state index contributed by atoms with van der Waals surface area (Å²) in [5.74, 6) is 1.83. The Labute approximate surface area is 218 Å². The van der Waals surface area contributed by atoms with Crippen LogP contribution in [0.5, 0.6) is 11.5 Å². The van der Waals surface area contributed by atoms with E-state index < -0.39 is 0 Å². The van der Waals surface area contributed by atoms with Gasteiger partial charge in [0.25, 0.3) is 0 Å². The van der Waals surface area contributed by atoms with E-state index in [9.17, 15) is 0 Å². The highest BCUT2D eigenvalue weighted by atomic mass is 79.9. The third-order valence-electron chi connectivity index (χ3n) is 6.42. The monoisotopic (exact) mass is 534 g/mol. The van der Waals surface area contributed by atoms with Crippen LogP contribution < -0.4 is 19.7 Å². The van der Waals surface area contributed by atoms with Crippen molar-refractivity contribution in [3.63, 3.8) is 0 Å². The Bertz CT molecular complexity index is 1150. The van der Waals surface area contributed by atoms with Crippen LogP contribution in [0.2, 0.25) is 0 Å². The predicted octanol–water partition coefficient (Wildman–Crippen LogP) is 6.81. The number of hydrogen-bond donors (Lipinski definition) is 1. The molecule has 0 atom stereocenters. The van der Waals surface area contributed by atoms with Gasteiger partial charge in [0, 0.05) is 53.6 Å². The SMILES string of the molecule is CC.COc1cc(N2CCNCC2)ccc1C1=C(Br)CCc2cc(OCc3ccccc3)ccc21. The molecule has 1 fully saturated rings. The second kappa shape index (κ2) is 12.3. The van der Waals surface area contributed by atoms with Gasteiger partial charge < -0.3 is 19.7 Å². The van der Waals surface area contributed by atoms with Crippen molar-refractivity contribution in [2.24, 2.45) is 0 Å². The molecule has 0 aromatic heterocycles. The van der Waals surface area contributed by atoms with E-state index in [4.69, 9.17) is 9.47 Å². The van der Waals surface area contributed by atoms with Crippen molar-refractivity contribution in [3.8, 4) is 11.5 Å². The summed E-state index contributed by atoms with van der Waals surface area (Å²) in [6, 6.07) is 23.4. The standard InChI is InChI=1S/C28H29BrN2O2.C2H6/c1-32-27-18-22(31-15-13-30-14-16-31)8-10-25(27)28-24-11-9-23(17-21(24)7-12-26(28)29)33-19-20-5-3-2-4-6-20;1-2/h2-6,8-11,17-18,30H,7,12-16,19H2,1H3;1-2H3. The van der Waals surface area contributed by atoms with Gasteiger partial charge in [-0.05, 0) is 53.8 Å². The van der Waals surface area contributed by atoms with Gasteiger partial charge in [-0.2, -0.15) is 0 Å². The Morgan fingerprint density at radius 1 is 0.886 bits per heavy atom.